The number of hydrogen-bond acceptors (Lipinski definition) is 3. The Morgan fingerprint density at radius 1 is 1.12 bits per heavy atom. The Balaban J connectivity index is 1.66. The quantitative estimate of drug-likeness (QED) is 0.869. The van der Waals surface area contributed by atoms with Gasteiger partial charge in [0.05, 0.1) is 5.69 Å². The van der Waals surface area contributed by atoms with Crippen molar-refractivity contribution in [2.24, 2.45) is 5.92 Å². The molecule has 1 fully saturated rings. The zero-order valence-corrected chi connectivity index (χ0v) is 10.6. The van der Waals surface area contributed by atoms with Gasteiger partial charge < -0.3 is 5.32 Å². The maximum atomic E-state index is 4.22. The summed E-state index contributed by atoms with van der Waals surface area (Å²) in [5.74, 6) is 0.872. The van der Waals surface area contributed by atoms with Gasteiger partial charge in [-0.05, 0) is 31.4 Å². The van der Waals surface area contributed by atoms with E-state index in [1.165, 1.54) is 44.9 Å². The summed E-state index contributed by atoms with van der Waals surface area (Å²) in [5.41, 5.74) is 1.09. The minimum Gasteiger partial charge on any atom is -0.311 e. The maximum Gasteiger partial charge on any atom is 0.115 e. The van der Waals surface area contributed by atoms with Gasteiger partial charge in [-0.25, -0.2) is 9.97 Å². The Morgan fingerprint density at radius 2 is 1.88 bits per heavy atom. The van der Waals surface area contributed by atoms with Crippen molar-refractivity contribution >= 4 is 0 Å². The van der Waals surface area contributed by atoms with Gasteiger partial charge in [0.1, 0.15) is 6.33 Å². The molecule has 3 nitrogen and oxygen atoms in total. The Morgan fingerprint density at radius 3 is 2.59 bits per heavy atom. The number of nitrogens with zero attached hydrogens (tertiary/aromatic N) is 2. The minimum absolute atomic E-state index is 0.872. The fourth-order valence-electron chi connectivity index (χ4n) is 2.57. The molecule has 0 amide bonds. The van der Waals surface area contributed by atoms with Crippen LogP contribution in [0.4, 0.5) is 0 Å². The molecule has 1 aromatic heterocycles. The highest BCUT2D eigenvalue weighted by Crippen LogP contribution is 2.21. The third-order valence-corrected chi connectivity index (χ3v) is 3.61. The van der Waals surface area contributed by atoms with Gasteiger partial charge in [0.15, 0.2) is 0 Å². The molecule has 1 aliphatic carbocycles. The molecule has 0 spiro atoms. The van der Waals surface area contributed by atoms with Crippen LogP contribution in [-0.4, -0.2) is 16.5 Å². The number of nitrogens with one attached hydrogen (secondary N) is 1. The molecule has 0 unspecified atom stereocenters. The molecule has 0 aliphatic heterocycles. The lowest BCUT2D eigenvalue weighted by molar-refractivity contribution is 0.360. The zero-order valence-electron chi connectivity index (χ0n) is 10.6. The van der Waals surface area contributed by atoms with E-state index in [4.69, 9.17) is 0 Å². The van der Waals surface area contributed by atoms with E-state index in [0.717, 1.165) is 24.7 Å². The summed E-state index contributed by atoms with van der Waals surface area (Å²) >= 11 is 0. The van der Waals surface area contributed by atoms with Crippen molar-refractivity contribution in [3.8, 4) is 0 Å². The molecule has 1 aromatic rings. The van der Waals surface area contributed by atoms with Crippen LogP contribution in [-0.2, 0) is 6.54 Å². The third-order valence-electron chi connectivity index (χ3n) is 3.61. The summed E-state index contributed by atoms with van der Waals surface area (Å²) < 4.78 is 0. The van der Waals surface area contributed by atoms with Crippen LogP contribution in [0.15, 0.2) is 18.6 Å². The van der Waals surface area contributed by atoms with E-state index in [1.54, 1.807) is 12.5 Å². The molecule has 0 aromatic carbocycles. The molecule has 0 saturated heterocycles. The van der Waals surface area contributed by atoms with Gasteiger partial charge in [-0.2, -0.15) is 0 Å². The highest BCUT2D eigenvalue weighted by molar-refractivity contribution is 4.96. The van der Waals surface area contributed by atoms with Crippen LogP contribution < -0.4 is 5.32 Å². The molecule has 2 rings (SSSR count). The smallest absolute Gasteiger partial charge is 0.115 e. The lowest BCUT2D eigenvalue weighted by Crippen LogP contribution is -2.23. The average Bonchev–Trinajstić information content (AvgIpc) is 2.33. The summed E-state index contributed by atoms with van der Waals surface area (Å²) in [6, 6.07) is 1.98. The van der Waals surface area contributed by atoms with E-state index >= 15 is 0 Å². The maximum absolute atomic E-state index is 4.22. The Bertz CT molecular complexity index is 292. The van der Waals surface area contributed by atoms with Gasteiger partial charge in [0.2, 0.25) is 0 Å². The molecule has 0 atom stereocenters. The van der Waals surface area contributed by atoms with Crippen LogP contribution in [0.2, 0.25) is 0 Å². The molecular weight excluding hydrogens is 210 g/mol. The van der Waals surface area contributed by atoms with E-state index in [1.807, 2.05) is 6.07 Å². The predicted molar refractivity (Wildman–Crippen MR) is 69.5 cm³/mol. The SMILES string of the molecule is c1cc(CNCC2CCCCCCC2)ncn1. The fraction of sp³-hybridized carbons (Fsp3) is 0.714. The first-order valence-corrected chi connectivity index (χ1v) is 6.91. The number of rotatable bonds is 4. The van der Waals surface area contributed by atoms with Crippen LogP contribution in [0.25, 0.3) is 0 Å². The van der Waals surface area contributed by atoms with E-state index < -0.39 is 0 Å². The second kappa shape index (κ2) is 7.38. The zero-order chi connectivity index (χ0) is 11.8. The van der Waals surface area contributed by atoms with Gasteiger partial charge in [-0.1, -0.05) is 32.1 Å². The molecule has 1 heterocycles. The van der Waals surface area contributed by atoms with Crippen LogP contribution in [0.1, 0.15) is 50.6 Å². The molecule has 3 heteroatoms. The average molecular weight is 233 g/mol. The molecule has 1 saturated carbocycles. The Kier molecular flexibility index (Phi) is 5.43. The summed E-state index contributed by atoms with van der Waals surface area (Å²) in [7, 11) is 0. The van der Waals surface area contributed by atoms with Crippen molar-refractivity contribution < 1.29 is 0 Å². The van der Waals surface area contributed by atoms with Crippen molar-refractivity contribution in [1.29, 1.82) is 0 Å². The van der Waals surface area contributed by atoms with E-state index in [0.29, 0.717) is 0 Å². The van der Waals surface area contributed by atoms with Crippen molar-refractivity contribution in [3.63, 3.8) is 0 Å². The predicted octanol–water partition coefficient (Wildman–Crippen LogP) is 2.93. The molecule has 1 aliphatic rings. The second-order valence-electron chi connectivity index (χ2n) is 5.04. The van der Waals surface area contributed by atoms with Crippen LogP contribution in [0.5, 0.6) is 0 Å². The van der Waals surface area contributed by atoms with E-state index in [-0.39, 0.29) is 0 Å². The molecule has 0 radical (unpaired) electrons. The third kappa shape index (κ3) is 4.82. The molecule has 0 bridgehead atoms. The fourth-order valence-corrected chi connectivity index (χ4v) is 2.57. The standard InChI is InChI=1S/C14H23N3/c1-2-4-6-13(7-5-3-1)10-16-11-14-8-9-15-12-17-14/h8-9,12-13,16H,1-7,10-11H2. The van der Waals surface area contributed by atoms with E-state index in [2.05, 4.69) is 15.3 Å². The first-order valence-electron chi connectivity index (χ1n) is 6.91. The highest BCUT2D eigenvalue weighted by Gasteiger charge is 2.10. The molecular formula is C14H23N3. The lowest BCUT2D eigenvalue weighted by Gasteiger charge is -2.19. The van der Waals surface area contributed by atoms with Crippen molar-refractivity contribution in [2.75, 3.05) is 6.54 Å². The summed E-state index contributed by atoms with van der Waals surface area (Å²) in [4.78, 5) is 8.15. The van der Waals surface area contributed by atoms with Crippen molar-refractivity contribution in [2.45, 2.75) is 51.5 Å². The van der Waals surface area contributed by atoms with Gasteiger partial charge in [0, 0.05) is 12.7 Å². The van der Waals surface area contributed by atoms with E-state index in [9.17, 15) is 0 Å². The molecule has 1 N–H and O–H groups in total. The largest absolute Gasteiger partial charge is 0.311 e. The normalized spacial score (nSPS) is 18.6. The number of aromatic nitrogens is 2. The monoisotopic (exact) mass is 233 g/mol. The van der Waals surface area contributed by atoms with Gasteiger partial charge in [-0.15, -0.1) is 0 Å². The summed E-state index contributed by atoms with van der Waals surface area (Å²) in [6.45, 7) is 2.02. The number of hydrogen-bond donors (Lipinski definition) is 1. The lowest BCUT2D eigenvalue weighted by atomic mass is 9.91. The molecule has 17 heavy (non-hydrogen) atoms. The Labute approximate surface area is 104 Å². The summed E-state index contributed by atoms with van der Waals surface area (Å²) in [5, 5.41) is 3.53. The first-order chi connectivity index (χ1) is 8.45. The van der Waals surface area contributed by atoms with Crippen LogP contribution >= 0.6 is 0 Å². The first kappa shape index (κ1) is 12.5. The Hall–Kier alpha value is -0.960. The highest BCUT2D eigenvalue weighted by atomic mass is 14.9. The summed E-state index contributed by atoms with van der Waals surface area (Å²) in [6.07, 6.45) is 13.4. The van der Waals surface area contributed by atoms with Crippen molar-refractivity contribution in [3.05, 3.63) is 24.3 Å². The van der Waals surface area contributed by atoms with Gasteiger partial charge in [0.25, 0.3) is 0 Å². The van der Waals surface area contributed by atoms with Crippen LogP contribution in [0.3, 0.4) is 0 Å². The second-order valence-corrected chi connectivity index (χ2v) is 5.04. The minimum atomic E-state index is 0.872. The van der Waals surface area contributed by atoms with Gasteiger partial charge in [-0.3, -0.25) is 0 Å². The van der Waals surface area contributed by atoms with Crippen molar-refractivity contribution in [1.82, 2.24) is 15.3 Å². The topological polar surface area (TPSA) is 37.8 Å². The molecule has 94 valence electrons. The van der Waals surface area contributed by atoms with Gasteiger partial charge >= 0.3 is 0 Å². The van der Waals surface area contributed by atoms with Crippen LogP contribution in [0, 0.1) is 5.92 Å².